The molecule has 4 rings (SSSR count). The third-order valence-electron chi connectivity index (χ3n) is 5.66. The number of hydrogen-bond donors (Lipinski definition) is 1. The summed E-state index contributed by atoms with van der Waals surface area (Å²) in [6.07, 6.45) is 0. The predicted octanol–water partition coefficient (Wildman–Crippen LogP) is 5.67. The van der Waals surface area contributed by atoms with Crippen LogP contribution < -0.4 is 15.0 Å². The molecule has 1 aliphatic rings. The number of methoxy groups -OCH3 is 1. The Bertz CT molecular complexity index is 1280. The molecule has 0 atom stereocenters. The van der Waals surface area contributed by atoms with Crippen molar-refractivity contribution in [2.24, 2.45) is 0 Å². The van der Waals surface area contributed by atoms with Crippen molar-refractivity contribution in [2.45, 2.75) is 20.8 Å². The van der Waals surface area contributed by atoms with E-state index in [0.717, 1.165) is 16.7 Å². The van der Waals surface area contributed by atoms with Gasteiger partial charge in [0.15, 0.2) is 0 Å². The van der Waals surface area contributed by atoms with E-state index >= 15 is 0 Å². The van der Waals surface area contributed by atoms with E-state index in [-0.39, 0.29) is 5.70 Å². The van der Waals surface area contributed by atoms with Crippen LogP contribution in [0.2, 0.25) is 5.02 Å². The smallest absolute Gasteiger partial charge is 0.282 e. The van der Waals surface area contributed by atoms with Crippen LogP contribution in [0.3, 0.4) is 0 Å². The topological polar surface area (TPSA) is 58.6 Å². The monoisotopic (exact) mass is 446 g/mol. The second kappa shape index (κ2) is 8.52. The maximum atomic E-state index is 13.7. The fourth-order valence-corrected chi connectivity index (χ4v) is 3.90. The molecular formula is C26H23ClN2O3. The molecule has 32 heavy (non-hydrogen) atoms. The number of halogens is 1. The number of para-hydroxylation sites is 2. The van der Waals surface area contributed by atoms with E-state index < -0.39 is 11.8 Å². The minimum Gasteiger partial charge on any atom is -0.495 e. The van der Waals surface area contributed by atoms with Gasteiger partial charge in [0.1, 0.15) is 11.4 Å². The predicted molar refractivity (Wildman–Crippen MR) is 128 cm³/mol. The summed E-state index contributed by atoms with van der Waals surface area (Å²) >= 11 is 6.19. The molecule has 162 valence electrons. The summed E-state index contributed by atoms with van der Waals surface area (Å²) in [5, 5.41) is 3.62. The lowest BCUT2D eigenvalue weighted by molar-refractivity contribution is -0.120. The number of carbonyl (C=O) groups is 2. The fourth-order valence-electron chi connectivity index (χ4n) is 3.74. The van der Waals surface area contributed by atoms with Crippen molar-refractivity contribution < 1.29 is 14.3 Å². The maximum absolute atomic E-state index is 13.7. The zero-order valence-electron chi connectivity index (χ0n) is 18.3. The van der Waals surface area contributed by atoms with Gasteiger partial charge in [0, 0.05) is 5.02 Å². The second-order valence-electron chi connectivity index (χ2n) is 7.75. The van der Waals surface area contributed by atoms with Gasteiger partial charge in [0.2, 0.25) is 0 Å². The van der Waals surface area contributed by atoms with Gasteiger partial charge in [-0.3, -0.25) is 9.59 Å². The number of nitrogens with zero attached hydrogens (tertiary/aromatic N) is 1. The number of imide groups is 1. The lowest BCUT2D eigenvalue weighted by atomic mass is 9.99. The molecule has 0 aliphatic carbocycles. The van der Waals surface area contributed by atoms with Gasteiger partial charge >= 0.3 is 0 Å². The number of amides is 2. The first-order valence-electron chi connectivity index (χ1n) is 10.2. The van der Waals surface area contributed by atoms with Crippen molar-refractivity contribution in [3.05, 3.63) is 93.6 Å². The Morgan fingerprint density at radius 3 is 2.28 bits per heavy atom. The molecule has 0 saturated heterocycles. The second-order valence-corrected chi connectivity index (χ2v) is 8.19. The molecule has 1 aliphatic heterocycles. The van der Waals surface area contributed by atoms with E-state index in [1.807, 2.05) is 51.1 Å². The summed E-state index contributed by atoms with van der Waals surface area (Å²) in [7, 11) is 1.56. The van der Waals surface area contributed by atoms with Gasteiger partial charge in [-0.2, -0.15) is 0 Å². The van der Waals surface area contributed by atoms with E-state index in [1.54, 1.807) is 37.4 Å². The van der Waals surface area contributed by atoms with Gasteiger partial charge in [-0.15, -0.1) is 0 Å². The van der Waals surface area contributed by atoms with Crippen LogP contribution in [-0.4, -0.2) is 18.9 Å². The molecule has 2 amide bonds. The molecule has 0 aromatic heterocycles. The van der Waals surface area contributed by atoms with Crippen molar-refractivity contribution >= 4 is 40.4 Å². The van der Waals surface area contributed by atoms with Crippen molar-refractivity contribution in [1.82, 2.24) is 0 Å². The van der Waals surface area contributed by atoms with Crippen LogP contribution in [0.1, 0.15) is 22.3 Å². The molecule has 6 heteroatoms. The first-order valence-corrected chi connectivity index (χ1v) is 10.6. The highest BCUT2D eigenvalue weighted by atomic mass is 35.5. The summed E-state index contributed by atoms with van der Waals surface area (Å²) in [5.74, 6) is -0.280. The van der Waals surface area contributed by atoms with Gasteiger partial charge in [-0.1, -0.05) is 48.0 Å². The van der Waals surface area contributed by atoms with Gasteiger partial charge in [0.05, 0.1) is 24.1 Å². The van der Waals surface area contributed by atoms with Crippen LogP contribution in [0, 0.1) is 20.8 Å². The Balaban J connectivity index is 1.89. The van der Waals surface area contributed by atoms with Crippen molar-refractivity contribution in [3.8, 4) is 5.75 Å². The highest BCUT2D eigenvalue weighted by molar-refractivity contribution is 6.46. The highest BCUT2D eigenvalue weighted by Gasteiger charge is 2.41. The summed E-state index contributed by atoms with van der Waals surface area (Å²) in [4.78, 5) is 28.5. The Hall–Kier alpha value is -3.57. The first kappa shape index (κ1) is 21.7. The number of rotatable bonds is 5. The summed E-state index contributed by atoms with van der Waals surface area (Å²) in [5.41, 5.74) is 5.14. The Morgan fingerprint density at radius 1 is 0.844 bits per heavy atom. The van der Waals surface area contributed by atoms with Gasteiger partial charge in [-0.05, 0) is 67.3 Å². The number of nitrogens with one attached hydrogen (secondary N) is 1. The molecule has 3 aromatic rings. The van der Waals surface area contributed by atoms with Crippen LogP contribution in [-0.2, 0) is 9.59 Å². The molecule has 1 heterocycles. The minimum absolute atomic E-state index is 0.196. The zero-order chi connectivity index (χ0) is 23.0. The Morgan fingerprint density at radius 2 is 1.56 bits per heavy atom. The quantitative estimate of drug-likeness (QED) is 0.513. The lowest BCUT2D eigenvalue weighted by Gasteiger charge is -2.18. The molecule has 0 fully saturated rings. The molecule has 0 spiro atoms. The molecule has 1 N–H and O–H groups in total. The Labute approximate surface area is 192 Å². The largest absolute Gasteiger partial charge is 0.495 e. The van der Waals surface area contributed by atoms with Crippen LogP contribution in [0.25, 0.3) is 5.57 Å². The number of hydrogen-bond acceptors (Lipinski definition) is 4. The summed E-state index contributed by atoms with van der Waals surface area (Å²) in [6, 6.07) is 18.2. The van der Waals surface area contributed by atoms with Crippen molar-refractivity contribution in [3.63, 3.8) is 0 Å². The van der Waals surface area contributed by atoms with Gasteiger partial charge in [-0.25, -0.2) is 4.90 Å². The number of anilines is 2. The molecule has 0 unspecified atom stereocenters. The molecule has 5 nitrogen and oxygen atoms in total. The number of carbonyl (C=O) groups excluding carboxylic acids is 2. The number of benzene rings is 3. The normalized spacial score (nSPS) is 13.7. The molecule has 0 bridgehead atoms. The number of ether oxygens (including phenoxy) is 1. The van der Waals surface area contributed by atoms with Crippen LogP contribution in [0.15, 0.2) is 66.4 Å². The molecule has 0 saturated carbocycles. The summed E-state index contributed by atoms with van der Waals surface area (Å²) in [6.45, 7) is 5.82. The average Bonchev–Trinajstić information content (AvgIpc) is 3.01. The van der Waals surface area contributed by atoms with E-state index in [0.29, 0.717) is 33.3 Å². The van der Waals surface area contributed by atoms with Crippen LogP contribution in [0.4, 0.5) is 11.4 Å². The SMILES string of the molecule is COc1ccccc1NC1=C(c2ccc(C)c(C)c2)C(=O)N(c2cc(Cl)ccc2C)C1=O. The van der Waals surface area contributed by atoms with E-state index in [4.69, 9.17) is 16.3 Å². The van der Waals surface area contributed by atoms with Crippen molar-refractivity contribution in [1.29, 1.82) is 0 Å². The summed E-state index contributed by atoms with van der Waals surface area (Å²) < 4.78 is 5.43. The average molecular weight is 447 g/mol. The van der Waals surface area contributed by atoms with E-state index in [1.165, 1.54) is 4.90 Å². The van der Waals surface area contributed by atoms with E-state index in [9.17, 15) is 9.59 Å². The van der Waals surface area contributed by atoms with E-state index in [2.05, 4.69) is 5.32 Å². The lowest BCUT2D eigenvalue weighted by Crippen LogP contribution is -2.33. The third kappa shape index (κ3) is 3.76. The Kier molecular flexibility index (Phi) is 5.76. The molecule has 3 aromatic carbocycles. The fraction of sp³-hybridized carbons (Fsp3) is 0.154. The minimum atomic E-state index is -0.445. The van der Waals surface area contributed by atoms with Crippen molar-refractivity contribution in [2.75, 3.05) is 17.3 Å². The van der Waals surface area contributed by atoms with Gasteiger partial charge in [0.25, 0.3) is 11.8 Å². The number of aryl methyl sites for hydroxylation is 3. The standard InChI is InChI=1S/C26H23ClN2O3/c1-15-9-11-18(13-17(15)3)23-24(28-20-7-5-6-8-22(20)32-4)26(31)29(25(23)30)21-14-19(27)12-10-16(21)2/h5-14,28H,1-4H3. The third-order valence-corrected chi connectivity index (χ3v) is 5.89. The van der Waals surface area contributed by atoms with Crippen LogP contribution in [0.5, 0.6) is 5.75 Å². The zero-order valence-corrected chi connectivity index (χ0v) is 19.1. The maximum Gasteiger partial charge on any atom is 0.282 e. The van der Waals surface area contributed by atoms with Crippen LogP contribution >= 0.6 is 11.6 Å². The molecule has 0 radical (unpaired) electrons. The molecular weight excluding hydrogens is 424 g/mol. The first-order chi connectivity index (χ1) is 15.3. The highest BCUT2D eigenvalue weighted by Crippen LogP contribution is 2.37. The van der Waals surface area contributed by atoms with Gasteiger partial charge < -0.3 is 10.1 Å².